The van der Waals surface area contributed by atoms with Crippen molar-refractivity contribution in [1.29, 1.82) is 0 Å². The Morgan fingerprint density at radius 1 is 1.35 bits per heavy atom. The molecule has 2 aliphatic rings. The van der Waals surface area contributed by atoms with Crippen LogP contribution in [0.3, 0.4) is 0 Å². The zero-order valence-corrected chi connectivity index (χ0v) is 13.2. The van der Waals surface area contributed by atoms with Crippen molar-refractivity contribution in [3.05, 3.63) is 35.4 Å². The number of hydrogen-bond donors (Lipinski definition) is 2. The van der Waals surface area contributed by atoms with Crippen molar-refractivity contribution < 1.29 is 24.5 Å². The van der Waals surface area contributed by atoms with Gasteiger partial charge in [-0.25, -0.2) is 0 Å². The van der Waals surface area contributed by atoms with E-state index in [1.165, 1.54) is 19.1 Å². The second kappa shape index (κ2) is 4.97. The Morgan fingerprint density at radius 3 is 2.65 bits per heavy atom. The van der Waals surface area contributed by atoms with E-state index in [2.05, 4.69) is 4.99 Å². The molecule has 6 heteroatoms. The highest BCUT2D eigenvalue weighted by Crippen LogP contribution is 2.53. The van der Waals surface area contributed by atoms with Crippen LogP contribution in [0.2, 0.25) is 0 Å². The largest absolute Gasteiger partial charge is 0.465 e. The molecule has 1 aromatic carbocycles. The summed E-state index contributed by atoms with van der Waals surface area (Å²) in [5.41, 5.74) is -3.92. The first-order chi connectivity index (χ1) is 10.7. The highest BCUT2D eigenvalue weighted by atomic mass is 16.5. The molecule has 3 rings (SSSR count). The minimum atomic E-state index is -2.35. The fraction of sp³-hybridized carbons (Fsp3) is 0.471. The lowest BCUT2D eigenvalue weighted by Crippen LogP contribution is -2.56. The predicted octanol–water partition coefficient (Wildman–Crippen LogP) is 1.05. The van der Waals surface area contributed by atoms with Crippen LogP contribution in [0.25, 0.3) is 0 Å². The molecule has 0 bridgehead atoms. The molecule has 2 N–H and O–H groups in total. The molecule has 0 amide bonds. The molecule has 1 unspecified atom stereocenters. The molecule has 23 heavy (non-hydrogen) atoms. The molecule has 0 aromatic heterocycles. The van der Waals surface area contributed by atoms with Gasteiger partial charge < -0.3 is 14.9 Å². The number of ether oxygens (including phenoxy) is 1. The summed E-state index contributed by atoms with van der Waals surface area (Å²) in [6, 6.07) is 6.31. The number of hydrogen-bond acceptors (Lipinski definition) is 6. The lowest BCUT2D eigenvalue weighted by atomic mass is 9.79. The molecule has 3 atom stereocenters. The second-order valence-electron chi connectivity index (χ2n) is 6.52. The van der Waals surface area contributed by atoms with E-state index >= 15 is 0 Å². The van der Waals surface area contributed by atoms with Gasteiger partial charge in [0, 0.05) is 16.8 Å². The lowest BCUT2D eigenvalue weighted by Gasteiger charge is -2.32. The minimum Gasteiger partial charge on any atom is -0.465 e. The van der Waals surface area contributed by atoms with Crippen molar-refractivity contribution in [2.75, 3.05) is 6.61 Å². The van der Waals surface area contributed by atoms with Crippen LogP contribution in [-0.2, 0) is 15.3 Å². The number of benzene rings is 1. The Kier molecular flexibility index (Phi) is 3.42. The van der Waals surface area contributed by atoms with Crippen molar-refractivity contribution in [2.24, 2.45) is 16.8 Å². The third-order valence-corrected chi connectivity index (χ3v) is 4.39. The van der Waals surface area contributed by atoms with Crippen LogP contribution >= 0.6 is 0 Å². The van der Waals surface area contributed by atoms with Crippen LogP contribution in [0.15, 0.2) is 29.3 Å². The van der Waals surface area contributed by atoms with Gasteiger partial charge in [0.2, 0.25) is 11.5 Å². The van der Waals surface area contributed by atoms with Gasteiger partial charge in [0.15, 0.2) is 5.60 Å². The van der Waals surface area contributed by atoms with Gasteiger partial charge in [0.05, 0.1) is 6.61 Å². The molecule has 6 nitrogen and oxygen atoms in total. The van der Waals surface area contributed by atoms with Crippen LogP contribution in [0.1, 0.15) is 36.7 Å². The van der Waals surface area contributed by atoms with Crippen LogP contribution in [0.4, 0.5) is 0 Å². The topological polar surface area (TPSA) is 96.2 Å². The van der Waals surface area contributed by atoms with Crippen molar-refractivity contribution >= 4 is 17.5 Å². The van der Waals surface area contributed by atoms with E-state index in [1.807, 2.05) is 13.8 Å². The summed E-state index contributed by atoms with van der Waals surface area (Å²) in [5, 5.41) is 21.9. The summed E-state index contributed by atoms with van der Waals surface area (Å²) in [5.74, 6) is -2.66. The van der Waals surface area contributed by atoms with Crippen LogP contribution in [0, 0.1) is 11.8 Å². The molecule has 122 valence electrons. The van der Waals surface area contributed by atoms with Crippen molar-refractivity contribution in [3.8, 4) is 0 Å². The highest BCUT2D eigenvalue weighted by Gasteiger charge is 2.72. The minimum absolute atomic E-state index is 0.114. The molecular weight excluding hydrogens is 298 g/mol. The maximum absolute atomic E-state index is 12.7. The second-order valence-corrected chi connectivity index (χ2v) is 6.52. The van der Waals surface area contributed by atoms with E-state index < -0.39 is 29.0 Å². The van der Waals surface area contributed by atoms with E-state index in [-0.39, 0.29) is 29.4 Å². The van der Waals surface area contributed by atoms with Gasteiger partial charge in [0.1, 0.15) is 5.92 Å². The van der Waals surface area contributed by atoms with E-state index in [0.717, 1.165) is 0 Å². The average Bonchev–Trinajstić information content (AvgIpc) is 2.80. The molecule has 0 fully saturated rings. The third-order valence-electron chi connectivity index (χ3n) is 4.39. The predicted molar refractivity (Wildman–Crippen MR) is 82.0 cm³/mol. The number of carbonyl (C=O) groups is 2. The number of carbonyl (C=O) groups excluding carboxylic acids is 2. The Balaban J connectivity index is 2.06. The summed E-state index contributed by atoms with van der Waals surface area (Å²) in [7, 11) is 0. The number of aliphatic hydroxyl groups is 2. The van der Waals surface area contributed by atoms with Crippen molar-refractivity contribution in [1.82, 2.24) is 0 Å². The first-order valence-corrected chi connectivity index (χ1v) is 7.55. The SMILES string of the molecule is CC1=N[C@@]2(O)c3ccccc3C(=O)[C@]2(O)C1C(=O)OCC(C)C. The molecule has 0 saturated carbocycles. The Labute approximate surface area is 133 Å². The Morgan fingerprint density at radius 2 is 2.00 bits per heavy atom. The summed E-state index contributed by atoms with van der Waals surface area (Å²) < 4.78 is 5.18. The van der Waals surface area contributed by atoms with Crippen LogP contribution < -0.4 is 0 Å². The number of ketones is 1. The van der Waals surface area contributed by atoms with Gasteiger partial charge >= 0.3 is 5.97 Å². The summed E-state index contributed by atoms with van der Waals surface area (Å²) in [6.07, 6.45) is 0. The quantitative estimate of drug-likeness (QED) is 0.812. The van der Waals surface area contributed by atoms with Gasteiger partial charge in [-0.2, -0.15) is 0 Å². The zero-order valence-electron chi connectivity index (χ0n) is 13.2. The Bertz CT molecular complexity index is 725. The van der Waals surface area contributed by atoms with Crippen molar-refractivity contribution in [3.63, 3.8) is 0 Å². The maximum atomic E-state index is 12.7. The number of nitrogens with zero attached hydrogens (tertiary/aromatic N) is 1. The number of esters is 1. The van der Waals surface area contributed by atoms with E-state index in [0.29, 0.717) is 0 Å². The maximum Gasteiger partial charge on any atom is 0.318 e. The van der Waals surface area contributed by atoms with Gasteiger partial charge in [-0.1, -0.05) is 38.1 Å². The van der Waals surface area contributed by atoms with Crippen molar-refractivity contribution in [2.45, 2.75) is 32.1 Å². The average molecular weight is 317 g/mol. The van der Waals surface area contributed by atoms with Crippen LogP contribution in [-0.4, -0.2) is 39.9 Å². The number of rotatable bonds is 3. The Hall–Kier alpha value is -2.05. The van der Waals surface area contributed by atoms with Gasteiger partial charge in [0.25, 0.3) is 0 Å². The first-order valence-electron chi connectivity index (χ1n) is 7.55. The molecule has 1 heterocycles. The fourth-order valence-corrected chi connectivity index (χ4v) is 3.33. The van der Waals surface area contributed by atoms with Gasteiger partial charge in [-0.05, 0) is 12.8 Å². The monoisotopic (exact) mass is 317 g/mol. The normalized spacial score (nSPS) is 31.8. The fourth-order valence-electron chi connectivity index (χ4n) is 3.33. The van der Waals surface area contributed by atoms with Gasteiger partial charge in [-0.15, -0.1) is 0 Å². The summed E-state index contributed by atoms with van der Waals surface area (Å²) in [4.78, 5) is 29.2. The molecule has 1 aliphatic carbocycles. The molecular formula is C17H19NO5. The third kappa shape index (κ3) is 1.91. The van der Waals surface area contributed by atoms with E-state index in [4.69, 9.17) is 4.74 Å². The first kappa shape index (κ1) is 15.8. The number of fused-ring (bicyclic) bond motifs is 3. The lowest BCUT2D eigenvalue weighted by molar-refractivity contribution is -0.165. The molecule has 0 spiro atoms. The summed E-state index contributed by atoms with van der Waals surface area (Å²) in [6.45, 7) is 5.43. The van der Waals surface area contributed by atoms with E-state index in [9.17, 15) is 19.8 Å². The van der Waals surface area contributed by atoms with Crippen LogP contribution in [0.5, 0.6) is 0 Å². The van der Waals surface area contributed by atoms with E-state index in [1.54, 1.807) is 12.1 Å². The van der Waals surface area contributed by atoms with Gasteiger partial charge in [-0.3, -0.25) is 14.6 Å². The molecule has 1 aromatic rings. The summed E-state index contributed by atoms with van der Waals surface area (Å²) >= 11 is 0. The smallest absolute Gasteiger partial charge is 0.318 e. The zero-order chi connectivity index (χ0) is 17.0. The highest BCUT2D eigenvalue weighted by molar-refractivity contribution is 6.18. The number of aliphatic imine (C=N–C) groups is 1. The number of Topliss-reactive ketones (excluding diaryl/α,β-unsaturated/α-hetero) is 1. The standard InChI is InChI=1S/C17H19NO5/c1-9(2)8-23-15(20)13-10(3)18-17(22)12-7-5-4-6-11(12)14(19)16(13,17)21/h4-7,9,13,21-22H,8H2,1-3H3/t13?,16-,17-/m1/s1. The molecule has 1 aliphatic heterocycles. The molecule has 0 saturated heterocycles. The molecule has 0 radical (unpaired) electrons.